The zero-order valence-electron chi connectivity index (χ0n) is 17.7. The topological polar surface area (TPSA) is 99.6 Å². The van der Waals surface area contributed by atoms with Gasteiger partial charge in [-0.05, 0) is 67.6 Å². The number of anilines is 1. The highest BCUT2D eigenvalue weighted by molar-refractivity contribution is 7.99. The van der Waals surface area contributed by atoms with Gasteiger partial charge >= 0.3 is 0 Å². The first kappa shape index (κ1) is 21.5. The molecule has 0 atom stereocenters. The summed E-state index contributed by atoms with van der Waals surface area (Å²) in [7, 11) is 0. The number of carbonyl (C=O) groups excluding carboxylic acids is 1. The maximum atomic E-state index is 12.6. The first-order chi connectivity index (χ1) is 16.2. The van der Waals surface area contributed by atoms with E-state index >= 15 is 0 Å². The number of aromatic amines is 1. The highest BCUT2D eigenvalue weighted by Gasteiger charge is 2.20. The van der Waals surface area contributed by atoms with E-state index in [1.807, 2.05) is 30.3 Å². The number of nitrogens with one attached hydrogen (secondary N) is 2. The second kappa shape index (κ2) is 9.68. The molecule has 0 saturated heterocycles. The maximum absolute atomic E-state index is 12.6. The van der Waals surface area contributed by atoms with Gasteiger partial charge in [-0.15, -0.1) is 11.3 Å². The first-order valence-electron chi connectivity index (χ1n) is 10.7. The third-order valence-electron chi connectivity index (χ3n) is 5.33. The Hall–Kier alpha value is -3.30. The van der Waals surface area contributed by atoms with Crippen LogP contribution in [0.3, 0.4) is 0 Å². The molecule has 0 bridgehead atoms. The van der Waals surface area contributed by atoms with Crippen molar-refractivity contribution in [3.8, 4) is 0 Å². The van der Waals surface area contributed by atoms with Crippen LogP contribution in [0.5, 0.6) is 0 Å². The van der Waals surface area contributed by atoms with Crippen LogP contribution >= 0.6 is 23.1 Å². The minimum atomic E-state index is -0.174. The molecular weight excluding hydrogens is 454 g/mol. The van der Waals surface area contributed by atoms with Crippen LogP contribution in [0, 0.1) is 0 Å². The molecule has 0 unspecified atom stereocenters. The predicted octanol–water partition coefficient (Wildman–Crippen LogP) is 6.01. The average Bonchev–Trinajstić information content (AvgIpc) is 3.22. The number of hydrogen-bond donors (Lipinski definition) is 2. The van der Waals surface area contributed by atoms with Gasteiger partial charge < -0.3 is 10.3 Å². The van der Waals surface area contributed by atoms with Crippen LogP contribution < -0.4 is 10.9 Å². The first-order valence-corrected chi connectivity index (χ1v) is 12.5. The smallest absolute Gasteiger partial charge is 0.260 e. The Labute approximate surface area is 198 Å². The van der Waals surface area contributed by atoms with Crippen molar-refractivity contribution in [2.45, 2.75) is 30.8 Å². The van der Waals surface area contributed by atoms with Gasteiger partial charge in [-0.1, -0.05) is 30.0 Å². The molecule has 0 fully saturated rings. The van der Waals surface area contributed by atoms with E-state index in [-0.39, 0.29) is 17.2 Å². The van der Waals surface area contributed by atoms with Crippen LogP contribution in [0.15, 0.2) is 74.8 Å². The van der Waals surface area contributed by atoms with Gasteiger partial charge in [0, 0.05) is 10.6 Å². The Bertz CT molecular complexity index is 1380. The fourth-order valence-electron chi connectivity index (χ4n) is 3.77. The fourth-order valence-corrected chi connectivity index (χ4v) is 5.75. The van der Waals surface area contributed by atoms with Gasteiger partial charge in [0.2, 0.25) is 5.91 Å². The molecule has 5 rings (SSSR count). The van der Waals surface area contributed by atoms with E-state index in [0.717, 1.165) is 47.2 Å². The van der Waals surface area contributed by atoms with E-state index < -0.39 is 0 Å². The van der Waals surface area contributed by atoms with Gasteiger partial charge in [-0.25, -0.2) is 4.98 Å². The van der Waals surface area contributed by atoms with Gasteiger partial charge in [-0.3, -0.25) is 9.59 Å². The number of thiophene rings is 1. The van der Waals surface area contributed by atoms with Crippen LogP contribution in [-0.2, 0) is 17.6 Å². The molecule has 33 heavy (non-hydrogen) atoms. The molecule has 9 heteroatoms. The quantitative estimate of drug-likeness (QED) is 0.203. The summed E-state index contributed by atoms with van der Waals surface area (Å²) >= 11 is 2.83. The minimum absolute atomic E-state index is 0.109. The maximum Gasteiger partial charge on any atom is 0.260 e. The monoisotopic (exact) mass is 475 g/mol. The summed E-state index contributed by atoms with van der Waals surface area (Å²) in [6.07, 6.45) is 4.25. The number of nitrogens with zero attached hydrogens (tertiary/aromatic N) is 3. The number of thioether (sulfide) groups is 1. The van der Waals surface area contributed by atoms with Gasteiger partial charge in [0.1, 0.15) is 4.83 Å². The standard InChI is InChI=1S/C24H21N5O2S2/c30-20(25-15-10-12-17(13-11-15)29-28-16-6-2-1-3-7-16)14-32-24-26-22(31)21-18-8-4-5-9-19(18)33-23(21)27-24/h1-3,6-7,10-13H,4-5,8-9,14H2,(H,25,30)(H,26,27,31). The van der Waals surface area contributed by atoms with Crippen molar-refractivity contribution in [1.82, 2.24) is 9.97 Å². The molecule has 2 heterocycles. The largest absolute Gasteiger partial charge is 0.325 e. The lowest BCUT2D eigenvalue weighted by Gasteiger charge is -2.09. The zero-order chi connectivity index (χ0) is 22.6. The van der Waals surface area contributed by atoms with Gasteiger partial charge in [0.15, 0.2) is 5.16 Å². The molecule has 0 spiro atoms. The molecule has 1 amide bonds. The van der Waals surface area contributed by atoms with E-state index in [0.29, 0.717) is 16.5 Å². The predicted molar refractivity (Wildman–Crippen MR) is 133 cm³/mol. The molecule has 2 aromatic heterocycles. The number of hydrogen-bond acceptors (Lipinski definition) is 7. The van der Waals surface area contributed by atoms with Crippen LogP contribution in [0.25, 0.3) is 10.2 Å². The molecule has 2 N–H and O–H groups in total. The molecule has 2 aromatic carbocycles. The number of aryl methyl sites for hydroxylation is 2. The summed E-state index contributed by atoms with van der Waals surface area (Å²) in [4.78, 5) is 34.5. The van der Waals surface area contributed by atoms with Crippen molar-refractivity contribution < 1.29 is 4.79 Å². The van der Waals surface area contributed by atoms with E-state index in [4.69, 9.17) is 0 Å². The van der Waals surface area contributed by atoms with Crippen molar-refractivity contribution in [3.05, 3.63) is 75.4 Å². The molecule has 166 valence electrons. The summed E-state index contributed by atoms with van der Waals surface area (Å²) in [5.74, 6) is -0.0264. The van der Waals surface area contributed by atoms with E-state index in [1.165, 1.54) is 16.6 Å². The number of aromatic nitrogens is 2. The summed E-state index contributed by atoms with van der Waals surface area (Å²) in [6.45, 7) is 0. The van der Waals surface area contributed by atoms with Crippen molar-refractivity contribution in [2.24, 2.45) is 10.2 Å². The normalized spacial score (nSPS) is 13.3. The van der Waals surface area contributed by atoms with Gasteiger partial charge in [0.05, 0.1) is 22.5 Å². The Morgan fingerprint density at radius 1 is 1.03 bits per heavy atom. The van der Waals surface area contributed by atoms with Crippen molar-refractivity contribution in [2.75, 3.05) is 11.1 Å². The number of azo groups is 1. The summed E-state index contributed by atoms with van der Waals surface area (Å²) in [5, 5.41) is 12.4. The summed E-state index contributed by atoms with van der Waals surface area (Å²) < 4.78 is 0. The Morgan fingerprint density at radius 3 is 2.55 bits per heavy atom. The van der Waals surface area contributed by atoms with Crippen LogP contribution in [0.1, 0.15) is 23.3 Å². The molecular formula is C24H21N5O2S2. The lowest BCUT2D eigenvalue weighted by molar-refractivity contribution is -0.113. The Morgan fingerprint density at radius 2 is 1.76 bits per heavy atom. The summed E-state index contributed by atoms with van der Waals surface area (Å²) in [6, 6.07) is 16.6. The highest BCUT2D eigenvalue weighted by atomic mass is 32.2. The number of fused-ring (bicyclic) bond motifs is 3. The number of amides is 1. The molecule has 4 aromatic rings. The van der Waals surface area contributed by atoms with Crippen molar-refractivity contribution >= 4 is 56.3 Å². The molecule has 0 saturated carbocycles. The molecule has 0 aliphatic heterocycles. The molecule has 0 radical (unpaired) electrons. The fraction of sp³-hybridized carbons (Fsp3) is 0.208. The van der Waals surface area contributed by atoms with E-state index in [1.54, 1.807) is 35.6 Å². The number of benzene rings is 2. The molecule has 1 aliphatic carbocycles. The lowest BCUT2D eigenvalue weighted by Crippen LogP contribution is -2.15. The van der Waals surface area contributed by atoms with Crippen molar-refractivity contribution in [3.63, 3.8) is 0 Å². The minimum Gasteiger partial charge on any atom is -0.325 e. The second-order valence-corrected chi connectivity index (χ2v) is 9.73. The Balaban J connectivity index is 1.20. The van der Waals surface area contributed by atoms with Crippen molar-refractivity contribution in [1.29, 1.82) is 0 Å². The Kier molecular flexibility index (Phi) is 6.32. The second-order valence-electron chi connectivity index (χ2n) is 7.68. The van der Waals surface area contributed by atoms with Crippen LogP contribution in [0.4, 0.5) is 17.1 Å². The number of rotatable bonds is 6. The highest BCUT2D eigenvalue weighted by Crippen LogP contribution is 2.34. The van der Waals surface area contributed by atoms with Gasteiger partial charge in [-0.2, -0.15) is 10.2 Å². The zero-order valence-corrected chi connectivity index (χ0v) is 19.3. The number of carbonyl (C=O) groups is 1. The molecule has 7 nitrogen and oxygen atoms in total. The lowest BCUT2D eigenvalue weighted by atomic mass is 9.97. The number of H-pyrrole nitrogens is 1. The van der Waals surface area contributed by atoms with E-state index in [9.17, 15) is 9.59 Å². The van der Waals surface area contributed by atoms with Crippen LogP contribution in [-0.4, -0.2) is 21.6 Å². The van der Waals surface area contributed by atoms with E-state index in [2.05, 4.69) is 25.5 Å². The average molecular weight is 476 g/mol. The summed E-state index contributed by atoms with van der Waals surface area (Å²) in [5.41, 5.74) is 3.19. The SMILES string of the molecule is O=C(CSc1nc2sc3c(c2c(=O)[nH]1)CCCC3)Nc1ccc(N=Nc2ccccc2)cc1. The third-order valence-corrected chi connectivity index (χ3v) is 7.39. The van der Waals surface area contributed by atoms with Gasteiger partial charge in [0.25, 0.3) is 5.56 Å². The third kappa shape index (κ3) is 5.04. The van der Waals surface area contributed by atoms with Crippen LogP contribution in [0.2, 0.25) is 0 Å². The molecule has 1 aliphatic rings.